The summed E-state index contributed by atoms with van der Waals surface area (Å²) in [5.74, 6) is -1.34. The lowest BCUT2D eigenvalue weighted by Gasteiger charge is -2.36. The Bertz CT molecular complexity index is 503. The van der Waals surface area contributed by atoms with E-state index >= 15 is 0 Å². The van der Waals surface area contributed by atoms with E-state index in [9.17, 15) is 9.59 Å². The Morgan fingerprint density at radius 3 is 2.36 bits per heavy atom. The molecule has 1 fully saturated rings. The number of hydrogen-bond donors (Lipinski definition) is 1. The van der Waals surface area contributed by atoms with E-state index in [4.69, 9.17) is 9.47 Å². The summed E-state index contributed by atoms with van der Waals surface area (Å²) in [6, 6.07) is 9.15. The van der Waals surface area contributed by atoms with Gasteiger partial charge in [0.15, 0.2) is 0 Å². The van der Waals surface area contributed by atoms with Gasteiger partial charge < -0.3 is 14.8 Å². The fourth-order valence-corrected chi connectivity index (χ4v) is 3.01. The molecule has 1 heterocycles. The Morgan fingerprint density at radius 2 is 1.73 bits per heavy atom. The second kappa shape index (κ2) is 7.94. The van der Waals surface area contributed by atoms with Crippen LogP contribution in [0.1, 0.15) is 31.7 Å². The van der Waals surface area contributed by atoms with Crippen LogP contribution in [0.3, 0.4) is 0 Å². The molecule has 1 aromatic carbocycles. The van der Waals surface area contributed by atoms with Crippen LogP contribution in [0.2, 0.25) is 0 Å². The van der Waals surface area contributed by atoms with Gasteiger partial charge in [-0.1, -0.05) is 30.3 Å². The summed E-state index contributed by atoms with van der Waals surface area (Å²) in [6.07, 6.45) is 0.781. The Kier molecular flexibility index (Phi) is 5.95. The van der Waals surface area contributed by atoms with Gasteiger partial charge in [0.25, 0.3) is 0 Å². The van der Waals surface area contributed by atoms with Crippen molar-refractivity contribution in [1.82, 2.24) is 5.32 Å². The Morgan fingerprint density at radius 1 is 1.09 bits per heavy atom. The summed E-state index contributed by atoms with van der Waals surface area (Å²) in [5.41, 5.74) is 1.05. The van der Waals surface area contributed by atoms with Crippen LogP contribution in [-0.2, 0) is 19.1 Å². The first-order chi connectivity index (χ1) is 10.7. The van der Waals surface area contributed by atoms with Crippen LogP contribution in [0, 0.1) is 5.92 Å². The van der Waals surface area contributed by atoms with E-state index in [1.807, 2.05) is 30.3 Å². The molecular weight excluding hydrogens is 282 g/mol. The molecule has 5 heteroatoms. The molecule has 1 N–H and O–H groups in total. The molecular formula is C17H23NO4. The van der Waals surface area contributed by atoms with Crippen LogP contribution in [0.4, 0.5) is 0 Å². The minimum atomic E-state index is -0.655. The van der Waals surface area contributed by atoms with E-state index in [2.05, 4.69) is 5.32 Å². The van der Waals surface area contributed by atoms with Crippen molar-refractivity contribution in [2.24, 2.45) is 5.92 Å². The molecule has 1 aromatic rings. The zero-order chi connectivity index (χ0) is 15.9. The number of esters is 2. The van der Waals surface area contributed by atoms with Crippen molar-refractivity contribution in [3.63, 3.8) is 0 Å². The minimum Gasteiger partial charge on any atom is -0.466 e. The second-order valence-electron chi connectivity index (χ2n) is 5.27. The largest absolute Gasteiger partial charge is 0.466 e. The average molecular weight is 305 g/mol. The zero-order valence-corrected chi connectivity index (χ0v) is 13.1. The van der Waals surface area contributed by atoms with Gasteiger partial charge in [0.2, 0.25) is 0 Å². The van der Waals surface area contributed by atoms with E-state index < -0.39 is 12.0 Å². The number of hydrogen-bond acceptors (Lipinski definition) is 5. The van der Waals surface area contributed by atoms with Gasteiger partial charge in [0.1, 0.15) is 6.04 Å². The summed E-state index contributed by atoms with van der Waals surface area (Å²) < 4.78 is 10.3. The Labute approximate surface area is 131 Å². The van der Waals surface area contributed by atoms with Crippen LogP contribution >= 0.6 is 0 Å². The molecule has 120 valence electrons. The number of ether oxygens (including phenoxy) is 2. The maximum Gasteiger partial charge on any atom is 0.324 e. The highest BCUT2D eigenvalue weighted by atomic mass is 16.5. The van der Waals surface area contributed by atoms with Crippen molar-refractivity contribution >= 4 is 11.9 Å². The van der Waals surface area contributed by atoms with Crippen molar-refractivity contribution in [3.05, 3.63) is 35.9 Å². The van der Waals surface area contributed by atoms with Crippen molar-refractivity contribution < 1.29 is 19.1 Å². The van der Waals surface area contributed by atoms with Gasteiger partial charge in [-0.3, -0.25) is 9.59 Å². The molecule has 1 saturated heterocycles. The van der Waals surface area contributed by atoms with Gasteiger partial charge in [-0.05, 0) is 32.4 Å². The predicted octanol–water partition coefficient (Wildman–Crippen LogP) is 1.87. The molecule has 5 nitrogen and oxygen atoms in total. The lowest BCUT2D eigenvalue weighted by atomic mass is 9.76. The first-order valence-corrected chi connectivity index (χ1v) is 7.80. The van der Waals surface area contributed by atoms with Gasteiger partial charge in [-0.15, -0.1) is 0 Å². The van der Waals surface area contributed by atoms with Crippen molar-refractivity contribution in [2.45, 2.75) is 32.2 Å². The summed E-state index contributed by atoms with van der Waals surface area (Å²) in [6.45, 7) is 4.79. The average Bonchev–Trinajstić information content (AvgIpc) is 2.55. The highest BCUT2D eigenvalue weighted by Crippen LogP contribution is 2.34. The molecule has 22 heavy (non-hydrogen) atoms. The van der Waals surface area contributed by atoms with Gasteiger partial charge in [0.05, 0.1) is 19.1 Å². The molecule has 3 unspecified atom stereocenters. The molecule has 0 aromatic heterocycles. The number of benzene rings is 1. The second-order valence-corrected chi connectivity index (χ2v) is 5.27. The fraction of sp³-hybridized carbons (Fsp3) is 0.529. The van der Waals surface area contributed by atoms with E-state index in [0.29, 0.717) is 19.8 Å². The van der Waals surface area contributed by atoms with E-state index in [-0.39, 0.29) is 17.9 Å². The zero-order valence-electron chi connectivity index (χ0n) is 13.1. The summed E-state index contributed by atoms with van der Waals surface area (Å²) >= 11 is 0. The highest BCUT2D eigenvalue weighted by Gasteiger charge is 2.44. The van der Waals surface area contributed by atoms with E-state index in [1.54, 1.807) is 13.8 Å². The van der Waals surface area contributed by atoms with E-state index in [1.165, 1.54) is 0 Å². The van der Waals surface area contributed by atoms with Gasteiger partial charge >= 0.3 is 11.9 Å². The van der Waals surface area contributed by atoms with Crippen LogP contribution in [0.15, 0.2) is 30.3 Å². The van der Waals surface area contributed by atoms with Crippen LogP contribution in [0.5, 0.6) is 0 Å². The number of piperidine rings is 1. The van der Waals surface area contributed by atoms with Crippen molar-refractivity contribution in [2.75, 3.05) is 19.8 Å². The summed E-state index contributed by atoms with van der Waals surface area (Å²) in [5, 5.41) is 3.12. The first-order valence-electron chi connectivity index (χ1n) is 7.80. The summed E-state index contributed by atoms with van der Waals surface area (Å²) in [4.78, 5) is 24.6. The standard InChI is InChI=1S/C17H23NO4/c1-3-21-16(19)14-13(12-8-6-5-7-9-12)10-11-18-15(14)17(20)22-4-2/h5-9,13-15,18H,3-4,10-11H2,1-2H3. The lowest BCUT2D eigenvalue weighted by molar-refractivity contribution is -0.159. The number of rotatable bonds is 5. The van der Waals surface area contributed by atoms with Crippen molar-refractivity contribution in [1.29, 1.82) is 0 Å². The molecule has 0 radical (unpaired) electrons. The Balaban J connectivity index is 2.30. The van der Waals surface area contributed by atoms with Crippen molar-refractivity contribution in [3.8, 4) is 0 Å². The maximum absolute atomic E-state index is 12.4. The number of carbonyl (C=O) groups is 2. The number of carbonyl (C=O) groups excluding carboxylic acids is 2. The minimum absolute atomic E-state index is 0.0455. The van der Waals surface area contributed by atoms with Crippen LogP contribution in [-0.4, -0.2) is 37.7 Å². The van der Waals surface area contributed by atoms with E-state index in [0.717, 1.165) is 12.0 Å². The molecule has 1 aliphatic heterocycles. The summed E-state index contributed by atoms with van der Waals surface area (Å²) in [7, 11) is 0. The molecule has 2 rings (SSSR count). The topological polar surface area (TPSA) is 64.6 Å². The van der Waals surface area contributed by atoms with Gasteiger partial charge in [-0.2, -0.15) is 0 Å². The third-order valence-corrected chi connectivity index (χ3v) is 3.94. The quantitative estimate of drug-likeness (QED) is 0.841. The monoisotopic (exact) mass is 305 g/mol. The maximum atomic E-state index is 12.4. The predicted molar refractivity (Wildman–Crippen MR) is 82.3 cm³/mol. The number of nitrogens with one attached hydrogen (secondary N) is 1. The normalized spacial score (nSPS) is 24.5. The highest BCUT2D eigenvalue weighted by molar-refractivity contribution is 5.86. The van der Waals surface area contributed by atoms with Crippen LogP contribution < -0.4 is 5.32 Å². The lowest BCUT2D eigenvalue weighted by Crippen LogP contribution is -2.53. The smallest absolute Gasteiger partial charge is 0.324 e. The third kappa shape index (κ3) is 3.65. The molecule has 0 spiro atoms. The Hall–Kier alpha value is -1.88. The third-order valence-electron chi connectivity index (χ3n) is 3.94. The van der Waals surface area contributed by atoms with Crippen LogP contribution in [0.25, 0.3) is 0 Å². The molecule has 1 aliphatic rings. The molecule has 0 bridgehead atoms. The molecule has 0 aliphatic carbocycles. The molecule has 0 saturated carbocycles. The van der Waals surface area contributed by atoms with Gasteiger partial charge in [-0.25, -0.2) is 0 Å². The fourth-order valence-electron chi connectivity index (χ4n) is 3.01. The SMILES string of the molecule is CCOC(=O)C1NCCC(c2ccccc2)C1C(=O)OCC. The van der Waals surface area contributed by atoms with Gasteiger partial charge in [0, 0.05) is 5.92 Å². The molecule has 3 atom stereocenters. The first kappa shape index (κ1) is 16.5. The molecule has 0 amide bonds.